The van der Waals surface area contributed by atoms with E-state index in [2.05, 4.69) is 9.89 Å². The van der Waals surface area contributed by atoms with Gasteiger partial charge in [-0.25, -0.2) is 4.99 Å². The van der Waals surface area contributed by atoms with Gasteiger partial charge in [-0.05, 0) is 62.4 Å². The fourth-order valence-electron chi connectivity index (χ4n) is 3.90. The zero-order chi connectivity index (χ0) is 20.5. The van der Waals surface area contributed by atoms with Gasteiger partial charge in [0, 0.05) is 23.9 Å². The molecule has 2 aromatic rings. The standard InChI is InChI=1S/C22H22N4O2S/c1-25(22(23)29)15-10-8-14(9-11-15)24-18-19(26-12-4-5-13-26)21(28)17-7-3-2-6-16(17)20(18)27/h2-3,6-11,19H,4-5,12-13H2,1H3,(H2,23,29). The number of benzene rings is 2. The molecule has 6 nitrogen and oxygen atoms in total. The number of carbonyl (C=O) groups is 2. The van der Waals surface area contributed by atoms with Crippen LogP contribution in [0.15, 0.2) is 53.5 Å². The van der Waals surface area contributed by atoms with Crippen molar-refractivity contribution in [2.45, 2.75) is 18.9 Å². The molecule has 2 aromatic carbocycles. The van der Waals surface area contributed by atoms with Gasteiger partial charge in [0.05, 0.1) is 5.69 Å². The first-order chi connectivity index (χ1) is 14.0. The SMILES string of the molecule is CN(C(N)=S)c1ccc(N=C2C(=O)c3ccccc3C(=O)C2N2CCCC2)cc1. The Morgan fingerprint density at radius 2 is 1.69 bits per heavy atom. The van der Waals surface area contributed by atoms with Crippen LogP contribution in [0.3, 0.4) is 0 Å². The molecule has 29 heavy (non-hydrogen) atoms. The number of aliphatic imine (C=N–C) groups is 1. The molecule has 1 heterocycles. The van der Waals surface area contributed by atoms with Crippen molar-refractivity contribution in [1.29, 1.82) is 0 Å². The lowest BCUT2D eigenvalue weighted by molar-refractivity contribution is 0.0873. The Bertz CT molecular complexity index is 1010. The predicted octanol–water partition coefficient (Wildman–Crippen LogP) is 2.98. The second-order valence-electron chi connectivity index (χ2n) is 7.30. The molecule has 0 saturated carbocycles. The van der Waals surface area contributed by atoms with Crippen molar-refractivity contribution in [3.05, 3.63) is 59.7 Å². The average molecular weight is 407 g/mol. The number of thiocarbonyl (C=S) groups is 1. The Labute approximate surface area is 175 Å². The van der Waals surface area contributed by atoms with Gasteiger partial charge < -0.3 is 10.6 Å². The van der Waals surface area contributed by atoms with Crippen molar-refractivity contribution in [1.82, 2.24) is 4.90 Å². The Kier molecular flexibility index (Phi) is 5.25. The fraction of sp³-hybridized carbons (Fsp3) is 0.273. The van der Waals surface area contributed by atoms with Crippen LogP contribution in [0.1, 0.15) is 33.6 Å². The van der Waals surface area contributed by atoms with Crippen molar-refractivity contribution < 1.29 is 9.59 Å². The molecule has 1 atom stereocenters. The van der Waals surface area contributed by atoms with Gasteiger partial charge in [-0.1, -0.05) is 24.3 Å². The lowest BCUT2D eigenvalue weighted by atomic mass is 9.83. The van der Waals surface area contributed by atoms with Crippen LogP contribution in [0.4, 0.5) is 11.4 Å². The van der Waals surface area contributed by atoms with Crippen molar-refractivity contribution in [2.24, 2.45) is 10.7 Å². The Morgan fingerprint density at radius 1 is 1.07 bits per heavy atom. The third-order valence-electron chi connectivity index (χ3n) is 5.50. The number of fused-ring (bicyclic) bond motifs is 1. The maximum absolute atomic E-state index is 13.3. The van der Waals surface area contributed by atoms with Crippen LogP contribution in [-0.2, 0) is 0 Å². The summed E-state index contributed by atoms with van der Waals surface area (Å²) in [6.07, 6.45) is 2.04. The number of likely N-dealkylation sites (tertiary alicyclic amines) is 1. The molecular weight excluding hydrogens is 384 g/mol. The summed E-state index contributed by atoms with van der Waals surface area (Å²) in [5.41, 5.74) is 8.32. The molecule has 1 aliphatic carbocycles. The average Bonchev–Trinajstić information content (AvgIpc) is 3.26. The first kappa shape index (κ1) is 19.4. The molecule has 0 bridgehead atoms. The van der Waals surface area contributed by atoms with Crippen molar-refractivity contribution >= 4 is 46.0 Å². The zero-order valence-electron chi connectivity index (χ0n) is 16.2. The van der Waals surface area contributed by atoms with Crippen LogP contribution in [0.25, 0.3) is 0 Å². The number of carbonyl (C=O) groups excluding carboxylic acids is 2. The molecule has 0 aromatic heterocycles. The number of anilines is 1. The third-order valence-corrected chi connectivity index (χ3v) is 5.77. The minimum absolute atomic E-state index is 0.0503. The molecule has 0 amide bonds. The first-order valence-electron chi connectivity index (χ1n) is 9.61. The minimum Gasteiger partial charge on any atom is -0.376 e. The van der Waals surface area contributed by atoms with Crippen LogP contribution in [-0.4, -0.2) is 53.5 Å². The molecule has 148 valence electrons. The summed E-state index contributed by atoms with van der Waals surface area (Å²) in [4.78, 5) is 34.9. The number of nitrogens with zero attached hydrogens (tertiary/aromatic N) is 3. The number of hydrogen-bond donors (Lipinski definition) is 1. The van der Waals surface area contributed by atoms with E-state index in [1.807, 2.05) is 12.1 Å². The summed E-state index contributed by atoms with van der Waals surface area (Å²) in [5, 5.41) is 0.267. The molecule has 2 aliphatic rings. The molecule has 2 N–H and O–H groups in total. The molecule has 1 aliphatic heterocycles. The fourth-order valence-corrected chi connectivity index (χ4v) is 4.00. The minimum atomic E-state index is -0.626. The van der Waals surface area contributed by atoms with E-state index in [9.17, 15) is 9.59 Å². The van der Waals surface area contributed by atoms with E-state index in [1.165, 1.54) is 0 Å². The summed E-state index contributed by atoms with van der Waals surface area (Å²) in [5.74, 6) is -0.230. The molecule has 7 heteroatoms. The van der Waals surface area contributed by atoms with Crippen molar-refractivity contribution in [2.75, 3.05) is 25.0 Å². The number of ketones is 2. The highest BCUT2D eigenvalue weighted by Crippen LogP contribution is 2.28. The summed E-state index contributed by atoms with van der Waals surface area (Å²) in [6, 6.07) is 13.7. The molecular formula is C22H22N4O2S. The van der Waals surface area contributed by atoms with Gasteiger partial charge in [-0.3, -0.25) is 14.5 Å². The first-order valence-corrected chi connectivity index (χ1v) is 10.0. The van der Waals surface area contributed by atoms with Gasteiger partial charge >= 0.3 is 0 Å². The predicted molar refractivity (Wildman–Crippen MR) is 118 cm³/mol. The van der Waals surface area contributed by atoms with Crippen molar-refractivity contribution in [3.63, 3.8) is 0 Å². The zero-order valence-corrected chi connectivity index (χ0v) is 17.0. The lowest BCUT2D eigenvalue weighted by Crippen LogP contribution is -2.51. The van der Waals surface area contributed by atoms with E-state index >= 15 is 0 Å². The maximum atomic E-state index is 13.3. The second kappa shape index (κ2) is 7.85. The van der Waals surface area contributed by atoms with Crippen LogP contribution >= 0.6 is 12.2 Å². The van der Waals surface area contributed by atoms with Crippen LogP contribution in [0.2, 0.25) is 0 Å². The van der Waals surface area contributed by atoms with Crippen LogP contribution in [0.5, 0.6) is 0 Å². The number of Topliss-reactive ketones (excluding diaryl/α,β-unsaturated/α-hetero) is 2. The Hall–Kier alpha value is -2.90. The number of nitrogens with two attached hydrogens (primary N) is 1. The highest BCUT2D eigenvalue weighted by Gasteiger charge is 2.42. The monoisotopic (exact) mass is 406 g/mol. The highest BCUT2D eigenvalue weighted by atomic mass is 32.1. The van der Waals surface area contributed by atoms with E-state index in [4.69, 9.17) is 18.0 Å². The largest absolute Gasteiger partial charge is 0.376 e. The van der Waals surface area contributed by atoms with Gasteiger partial charge in [0.2, 0.25) is 5.78 Å². The normalized spacial score (nSPS) is 20.7. The van der Waals surface area contributed by atoms with Gasteiger partial charge in [0.25, 0.3) is 0 Å². The Morgan fingerprint density at radius 3 is 2.31 bits per heavy atom. The van der Waals surface area contributed by atoms with E-state index < -0.39 is 6.04 Å². The van der Waals surface area contributed by atoms with E-state index in [-0.39, 0.29) is 16.7 Å². The molecule has 1 unspecified atom stereocenters. The number of rotatable bonds is 3. The molecule has 1 saturated heterocycles. The molecule has 1 fully saturated rings. The second-order valence-corrected chi connectivity index (χ2v) is 7.71. The van der Waals surface area contributed by atoms with Gasteiger partial charge in [-0.2, -0.15) is 0 Å². The van der Waals surface area contributed by atoms with E-state index in [0.29, 0.717) is 22.5 Å². The quantitative estimate of drug-likeness (QED) is 0.790. The topological polar surface area (TPSA) is 79.0 Å². The summed E-state index contributed by atoms with van der Waals surface area (Å²) < 4.78 is 0. The molecule has 0 radical (unpaired) electrons. The summed E-state index contributed by atoms with van der Waals surface area (Å²) >= 11 is 4.99. The molecule has 0 spiro atoms. The van der Waals surface area contributed by atoms with Crippen LogP contribution < -0.4 is 10.6 Å². The number of hydrogen-bond acceptors (Lipinski definition) is 5. The highest BCUT2D eigenvalue weighted by molar-refractivity contribution is 7.80. The third kappa shape index (κ3) is 3.59. The van der Waals surface area contributed by atoms with Gasteiger partial charge in [-0.15, -0.1) is 0 Å². The maximum Gasteiger partial charge on any atom is 0.210 e. The van der Waals surface area contributed by atoms with Gasteiger partial charge in [0.1, 0.15) is 11.8 Å². The van der Waals surface area contributed by atoms with E-state index in [0.717, 1.165) is 31.6 Å². The van der Waals surface area contributed by atoms with Crippen molar-refractivity contribution in [3.8, 4) is 0 Å². The summed E-state index contributed by atoms with van der Waals surface area (Å²) in [7, 11) is 1.78. The van der Waals surface area contributed by atoms with E-state index in [1.54, 1.807) is 48.3 Å². The Balaban J connectivity index is 1.76. The lowest BCUT2D eigenvalue weighted by Gasteiger charge is -2.31. The summed E-state index contributed by atoms with van der Waals surface area (Å²) in [6.45, 7) is 1.59. The molecule has 4 rings (SSSR count). The smallest absolute Gasteiger partial charge is 0.210 e. The van der Waals surface area contributed by atoms with Gasteiger partial charge in [0.15, 0.2) is 10.9 Å². The van der Waals surface area contributed by atoms with Crippen LogP contribution in [0, 0.1) is 0 Å².